The van der Waals surface area contributed by atoms with Crippen molar-refractivity contribution < 1.29 is 0 Å². The summed E-state index contributed by atoms with van der Waals surface area (Å²) < 4.78 is 0. The topological polar surface area (TPSA) is 76.8 Å². The number of guanidine groups is 1. The Labute approximate surface area is 88.7 Å². The second-order valence-corrected chi connectivity index (χ2v) is 3.65. The average Bonchev–Trinajstić information content (AvgIpc) is 2.64. The van der Waals surface area contributed by atoms with Crippen LogP contribution in [0.4, 0.5) is 0 Å². The average molecular weight is 202 g/mol. The Balaban J connectivity index is 2.17. The molecule has 1 aromatic rings. The van der Waals surface area contributed by atoms with Crippen molar-refractivity contribution in [1.29, 1.82) is 0 Å². The van der Waals surface area contributed by atoms with Crippen LogP contribution in [0.25, 0.3) is 0 Å². The van der Waals surface area contributed by atoms with E-state index in [0.29, 0.717) is 0 Å². The van der Waals surface area contributed by atoms with E-state index >= 15 is 0 Å². The normalized spacial score (nSPS) is 14.1. The lowest BCUT2D eigenvalue weighted by molar-refractivity contribution is 0.912. The van der Waals surface area contributed by atoms with Gasteiger partial charge in [0.1, 0.15) is 0 Å². The first kappa shape index (κ1) is 9.71. The largest absolute Gasteiger partial charge is 0.369 e. The summed E-state index contributed by atoms with van der Waals surface area (Å²) in [6.07, 6.45) is 5.28. The zero-order valence-electron chi connectivity index (χ0n) is 8.48. The molecule has 1 aliphatic rings. The van der Waals surface area contributed by atoms with Crippen molar-refractivity contribution in [2.75, 3.05) is 0 Å². The van der Waals surface area contributed by atoms with E-state index < -0.39 is 0 Å². The second kappa shape index (κ2) is 4.13. The first-order valence-corrected chi connectivity index (χ1v) is 4.99. The van der Waals surface area contributed by atoms with Crippen molar-refractivity contribution in [3.05, 3.63) is 34.9 Å². The van der Waals surface area contributed by atoms with Crippen LogP contribution >= 0.6 is 0 Å². The standard InChI is InChI=1S/C11H14N4/c12-11(13)15-14-7-8-4-5-9-2-1-3-10(9)6-8/h4-7H,1-3H2,(H4,12,13,15). The lowest BCUT2D eigenvalue weighted by Gasteiger charge is -1.99. The van der Waals surface area contributed by atoms with Crippen LogP contribution in [0.5, 0.6) is 0 Å². The molecule has 1 aliphatic carbocycles. The maximum atomic E-state index is 5.16. The van der Waals surface area contributed by atoms with Crippen LogP contribution in [-0.4, -0.2) is 12.2 Å². The van der Waals surface area contributed by atoms with E-state index in [1.54, 1.807) is 6.21 Å². The monoisotopic (exact) mass is 202 g/mol. The third kappa shape index (κ3) is 2.34. The predicted octanol–water partition coefficient (Wildman–Crippen LogP) is 0.783. The lowest BCUT2D eigenvalue weighted by Crippen LogP contribution is -2.21. The Morgan fingerprint density at radius 1 is 1.20 bits per heavy atom. The van der Waals surface area contributed by atoms with E-state index in [9.17, 15) is 0 Å². The van der Waals surface area contributed by atoms with Crippen LogP contribution in [0.1, 0.15) is 23.1 Å². The lowest BCUT2D eigenvalue weighted by atomic mass is 10.1. The molecule has 0 bridgehead atoms. The van der Waals surface area contributed by atoms with Gasteiger partial charge >= 0.3 is 0 Å². The third-order valence-corrected chi connectivity index (χ3v) is 2.50. The first-order valence-electron chi connectivity index (χ1n) is 4.99. The van der Waals surface area contributed by atoms with Crippen molar-refractivity contribution in [3.63, 3.8) is 0 Å². The van der Waals surface area contributed by atoms with Crippen molar-refractivity contribution in [2.45, 2.75) is 19.3 Å². The Morgan fingerprint density at radius 2 is 2.00 bits per heavy atom. The fourth-order valence-electron chi connectivity index (χ4n) is 1.83. The summed E-state index contributed by atoms with van der Waals surface area (Å²) in [5.74, 6) is -0.0209. The van der Waals surface area contributed by atoms with Gasteiger partial charge in [-0.2, -0.15) is 5.10 Å². The highest BCUT2D eigenvalue weighted by Crippen LogP contribution is 2.22. The summed E-state index contributed by atoms with van der Waals surface area (Å²) in [4.78, 5) is 0. The zero-order valence-corrected chi connectivity index (χ0v) is 8.48. The number of fused-ring (bicyclic) bond motifs is 1. The van der Waals surface area contributed by atoms with Crippen LogP contribution < -0.4 is 11.5 Å². The van der Waals surface area contributed by atoms with Gasteiger partial charge in [-0.05, 0) is 42.0 Å². The van der Waals surface area contributed by atoms with E-state index in [0.717, 1.165) is 5.56 Å². The minimum atomic E-state index is -0.0209. The Kier molecular flexibility index (Phi) is 2.67. The van der Waals surface area contributed by atoms with Gasteiger partial charge in [0.2, 0.25) is 5.96 Å². The van der Waals surface area contributed by atoms with Crippen molar-refractivity contribution in [3.8, 4) is 0 Å². The van der Waals surface area contributed by atoms with Gasteiger partial charge in [-0.1, -0.05) is 12.1 Å². The highest BCUT2D eigenvalue weighted by molar-refractivity contribution is 5.82. The van der Waals surface area contributed by atoms with Crippen molar-refractivity contribution >= 4 is 12.2 Å². The third-order valence-electron chi connectivity index (χ3n) is 2.50. The number of aryl methyl sites for hydroxylation is 2. The molecule has 2 rings (SSSR count). The number of nitrogens with two attached hydrogens (primary N) is 2. The smallest absolute Gasteiger partial charge is 0.211 e. The fraction of sp³-hybridized carbons (Fsp3) is 0.273. The van der Waals surface area contributed by atoms with Crippen LogP contribution in [0.15, 0.2) is 28.4 Å². The minimum absolute atomic E-state index is 0.0209. The number of hydrogen-bond donors (Lipinski definition) is 2. The molecule has 15 heavy (non-hydrogen) atoms. The van der Waals surface area contributed by atoms with E-state index in [1.165, 1.54) is 30.4 Å². The van der Waals surface area contributed by atoms with Crippen LogP contribution in [0.2, 0.25) is 0 Å². The summed E-state index contributed by atoms with van der Waals surface area (Å²) >= 11 is 0. The van der Waals surface area contributed by atoms with Gasteiger partial charge in [0.15, 0.2) is 0 Å². The van der Waals surface area contributed by atoms with Gasteiger partial charge in [0.05, 0.1) is 6.21 Å². The maximum Gasteiger partial charge on any atom is 0.211 e. The number of rotatable bonds is 2. The molecule has 0 aromatic heterocycles. The van der Waals surface area contributed by atoms with Gasteiger partial charge < -0.3 is 11.5 Å². The molecule has 0 saturated carbocycles. The molecule has 0 fully saturated rings. The maximum absolute atomic E-state index is 5.16. The molecule has 0 saturated heterocycles. The van der Waals surface area contributed by atoms with Gasteiger partial charge in [0.25, 0.3) is 0 Å². The zero-order chi connectivity index (χ0) is 10.7. The number of hydrogen-bond acceptors (Lipinski definition) is 2. The predicted molar refractivity (Wildman–Crippen MR) is 61.9 cm³/mol. The molecular formula is C11H14N4. The highest BCUT2D eigenvalue weighted by atomic mass is 15.3. The molecule has 0 unspecified atom stereocenters. The summed E-state index contributed by atoms with van der Waals surface area (Å²) in [7, 11) is 0. The van der Waals surface area contributed by atoms with Gasteiger partial charge in [0, 0.05) is 0 Å². The van der Waals surface area contributed by atoms with Crippen molar-refractivity contribution in [2.24, 2.45) is 21.7 Å². The molecule has 4 nitrogen and oxygen atoms in total. The molecule has 1 aromatic carbocycles. The van der Waals surface area contributed by atoms with Crippen molar-refractivity contribution in [1.82, 2.24) is 0 Å². The SMILES string of the molecule is NC(N)=NN=Cc1ccc2c(c1)CCC2. The van der Waals surface area contributed by atoms with E-state index in [1.807, 2.05) is 6.07 Å². The molecule has 0 spiro atoms. The molecule has 78 valence electrons. The van der Waals surface area contributed by atoms with E-state index in [4.69, 9.17) is 11.5 Å². The molecule has 4 N–H and O–H groups in total. The Bertz CT molecular complexity index is 417. The van der Waals surface area contributed by atoms with Gasteiger partial charge in [-0.3, -0.25) is 0 Å². The first-order chi connectivity index (χ1) is 7.25. The number of benzene rings is 1. The van der Waals surface area contributed by atoms with E-state index in [2.05, 4.69) is 22.3 Å². The van der Waals surface area contributed by atoms with E-state index in [-0.39, 0.29) is 5.96 Å². The van der Waals surface area contributed by atoms with Gasteiger partial charge in [-0.25, -0.2) is 0 Å². The quantitative estimate of drug-likeness (QED) is 0.422. The van der Waals surface area contributed by atoms with Gasteiger partial charge in [-0.15, -0.1) is 5.10 Å². The Hall–Kier alpha value is -1.84. The highest BCUT2D eigenvalue weighted by Gasteiger charge is 2.09. The molecule has 0 atom stereocenters. The van der Waals surface area contributed by atoms with Crippen LogP contribution in [-0.2, 0) is 12.8 Å². The number of nitrogens with zero attached hydrogens (tertiary/aromatic N) is 2. The summed E-state index contributed by atoms with van der Waals surface area (Å²) in [5, 5.41) is 7.33. The minimum Gasteiger partial charge on any atom is -0.369 e. The molecule has 0 radical (unpaired) electrons. The molecule has 0 amide bonds. The summed E-state index contributed by atoms with van der Waals surface area (Å²) in [5.41, 5.74) is 14.2. The molecule has 0 aliphatic heterocycles. The molecule has 0 heterocycles. The van der Waals surface area contributed by atoms with Crippen LogP contribution in [0, 0.1) is 0 Å². The summed E-state index contributed by atoms with van der Waals surface area (Å²) in [6, 6.07) is 6.34. The fourth-order valence-corrected chi connectivity index (χ4v) is 1.83. The Morgan fingerprint density at radius 3 is 2.80 bits per heavy atom. The molecular weight excluding hydrogens is 188 g/mol. The second-order valence-electron chi connectivity index (χ2n) is 3.65. The summed E-state index contributed by atoms with van der Waals surface area (Å²) in [6.45, 7) is 0. The van der Waals surface area contributed by atoms with Crippen LogP contribution in [0.3, 0.4) is 0 Å². The molecule has 4 heteroatoms.